The molecule has 332 valence electrons. The fourth-order valence-corrected chi connectivity index (χ4v) is 6.39. The van der Waals surface area contributed by atoms with E-state index in [1.54, 1.807) is 0 Å². The summed E-state index contributed by atoms with van der Waals surface area (Å²) >= 11 is 0. The number of quaternary nitrogens is 2. The molecular formula is C44H84N4O9+2. The minimum Gasteiger partial charge on any atom is -0.460 e. The molecule has 0 radical (unpaired) electrons. The Bertz CT molecular complexity index is 1130. The van der Waals surface area contributed by atoms with Gasteiger partial charge in [-0.15, -0.1) is 0 Å². The molecule has 13 nitrogen and oxygen atoms in total. The molecule has 0 aromatic carbocycles. The Kier molecular flexibility index (Phi) is 32.1. The summed E-state index contributed by atoms with van der Waals surface area (Å²) in [4.78, 5) is 59.1. The van der Waals surface area contributed by atoms with Crippen molar-refractivity contribution in [3.63, 3.8) is 0 Å². The van der Waals surface area contributed by atoms with Gasteiger partial charge in [-0.1, -0.05) is 89.7 Å². The Morgan fingerprint density at radius 1 is 0.614 bits per heavy atom. The number of esters is 3. The molecule has 0 rings (SSSR count). The number of hydrogen-bond donors (Lipinski definition) is 3. The van der Waals surface area contributed by atoms with Gasteiger partial charge in [0.05, 0.1) is 34.3 Å². The number of nitrogens with one attached hydrogen (secondary N) is 2. The highest BCUT2D eigenvalue weighted by Gasteiger charge is 2.27. The molecule has 0 spiro atoms. The molecule has 0 aromatic heterocycles. The van der Waals surface area contributed by atoms with E-state index in [0.717, 1.165) is 90.0 Å². The Morgan fingerprint density at radius 3 is 1.65 bits per heavy atom. The molecule has 57 heavy (non-hydrogen) atoms. The average Bonchev–Trinajstić information content (AvgIpc) is 3.11. The van der Waals surface area contributed by atoms with Crippen LogP contribution in [0.1, 0.15) is 149 Å². The van der Waals surface area contributed by atoms with E-state index >= 15 is 0 Å². The number of hydrogen-bond acceptors (Lipinski definition) is 9. The summed E-state index contributed by atoms with van der Waals surface area (Å²) in [6, 6.07) is 0. The van der Waals surface area contributed by atoms with Gasteiger partial charge in [-0.05, 0) is 51.4 Å². The van der Waals surface area contributed by atoms with Crippen LogP contribution in [0.25, 0.3) is 0 Å². The van der Waals surface area contributed by atoms with Gasteiger partial charge in [-0.25, -0.2) is 4.79 Å². The lowest BCUT2D eigenvalue weighted by atomic mass is 10.0. The fraction of sp³-hybridized carbons (Fsp3) is 0.841. The molecule has 2 amide bonds. The summed E-state index contributed by atoms with van der Waals surface area (Å²) in [7, 11) is 7.69. The number of ether oxygens (including phenoxy) is 3. The molecule has 0 aliphatic rings. The number of carbonyl (C=O) groups excluding carboxylic acids is 5. The largest absolute Gasteiger partial charge is 0.460 e. The van der Waals surface area contributed by atoms with Gasteiger partial charge in [0.2, 0.25) is 5.91 Å². The van der Waals surface area contributed by atoms with Gasteiger partial charge in [0, 0.05) is 33.4 Å². The lowest BCUT2D eigenvalue weighted by Gasteiger charge is -2.30. The minimum absolute atomic E-state index is 0.0277. The summed E-state index contributed by atoms with van der Waals surface area (Å²) in [5, 5.41) is 16.9. The molecule has 0 saturated carbocycles. The zero-order valence-corrected chi connectivity index (χ0v) is 37.2. The third kappa shape index (κ3) is 35.8. The van der Waals surface area contributed by atoms with Crippen molar-refractivity contribution in [2.24, 2.45) is 0 Å². The van der Waals surface area contributed by atoms with Gasteiger partial charge in [-0.2, -0.15) is 0 Å². The van der Waals surface area contributed by atoms with E-state index in [2.05, 4.69) is 23.6 Å². The predicted octanol–water partition coefficient (Wildman–Crippen LogP) is 6.15. The van der Waals surface area contributed by atoms with Crippen LogP contribution in [0.4, 0.5) is 0 Å². The van der Waals surface area contributed by atoms with Gasteiger partial charge in [0.25, 0.3) is 5.91 Å². The molecule has 2 unspecified atom stereocenters. The monoisotopic (exact) mass is 813 g/mol. The smallest absolute Gasteiger partial charge is 0.362 e. The molecule has 0 heterocycles. The number of likely N-dealkylation sites (N-methyl/N-ethyl adjacent to an activating group) is 2. The molecule has 0 aliphatic carbocycles. The van der Waals surface area contributed by atoms with Crippen LogP contribution in [0, 0.1) is 0 Å². The second-order valence-electron chi connectivity index (χ2n) is 16.9. The van der Waals surface area contributed by atoms with Crippen LogP contribution in [0.3, 0.4) is 0 Å². The Hall–Kier alpha value is -3.03. The van der Waals surface area contributed by atoms with Crippen molar-refractivity contribution in [1.82, 2.24) is 10.6 Å². The highest BCUT2D eigenvalue weighted by atomic mass is 16.6. The molecule has 2 atom stereocenters. The van der Waals surface area contributed by atoms with Crippen molar-refractivity contribution < 1.29 is 52.3 Å². The second kappa shape index (κ2) is 33.9. The zero-order valence-electron chi connectivity index (χ0n) is 37.2. The summed E-state index contributed by atoms with van der Waals surface area (Å²) < 4.78 is 16.6. The second-order valence-corrected chi connectivity index (χ2v) is 16.9. The third-order valence-corrected chi connectivity index (χ3v) is 10.0. The van der Waals surface area contributed by atoms with E-state index < -0.39 is 12.2 Å². The number of nitrogens with zero attached hydrogens (tertiary/aromatic N) is 2. The van der Waals surface area contributed by atoms with Gasteiger partial charge in [0.15, 0.2) is 13.1 Å². The fourth-order valence-electron chi connectivity index (χ4n) is 6.39. The quantitative estimate of drug-likeness (QED) is 0.0220. The number of unbranched alkanes of at least 4 members (excludes halogenated alkanes) is 14. The highest BCUT2D eigenvalue weighted by Crippen LogP contribution is 2.16. The Balaban J connectivity index is 3.89. The Labute approximate surface area is 346 Å². The van der Waals surface area contributed by atoms with E-state index in [-0.39, 0.29) is 42.9 Å². The molecule has 13 heteroatoms. The number of allylic oxidation sites excluding steroid dienone is 1. The van der Waals surface area contributed by atoms with Crippen molar-refractivity contribution in [1.29, 1.82) is 0 Å². The maximum Gasteiger partial charge on any atom is 0.362 e. The number of amides is 2. The van der Waals surface area contributed by atoms with Gasteiger partial charge < -0.3 is 38.9 Å². The van der Waals surface area contributed by atoms with Gasteiger partial charge in [-0.3, -0.25) is 19.2 Å². The molecule has 0 fully saturated rings. The Morgan fingerprint density at radius 2 is 1.11 bits per heavy atom. The first-order valence-corrected chi connectivity index (χ1v) is 22.0. The number of carbonyl (C=O) groups is 5. The minimum atomic E-state index is -0.753. The van der Waals surface area contributed by atoms with Crippen molar-refractivity contribution in [3.05, 3.63) is 12.2 Å². The van der Waals surface area contributed by atoms with Gasteiger partial charge in [0.1, 0.15) is 32.4 Å². The lowest BCUT2D eigenvalue weighted by molar-refractivity contribution is -0.883. The highest BCUT2D eigenvalue weighted by molar-refractivity contribution is 5.77. The van der Waals surface area contributed by atoms with E-state index in [0.29, 0.717) is 61.0 Å². The standard InChI is InChI=1S/C44H82N4O9/c1-8-9-22-28-41(57-44(54)37-48(6,7)33-35-56-39(3)50)40(51)27-23-18-14-10-11-15-19-24-29-42(52)45-30-25-20-16-12-13-17-21-26-31-46-43(53)36-47(4,5)32-34-55-38(2)49/h18,23,40-41,51H,8-17,19-22,24-37H2,1-7H3/p+2/b23-18-. The first-order chi connectivity index (χ1) is 27.1. The van der Waals surface area contributed by atoms with E-state index in [9.17, 15) is 29.1 Å². The van der Waals surface area contributed by atoms with Crippen LogP contribution >= 0.6 is 0 Å². The normalized spacial score (nSPS) is 12.9. The molecule has 3 N–H and O–H groups in total. The molecule has 0 aromatic rings. The lowest BCUT2D eigenvalue weighted by Crippen LogP contribution is -2.49. The molecule has 0 bridgehead atoms. The van der Waals surface area contributed by atoms with Crippen LogP contribution in [0.2, 0.25) is 0 Å². The van der Waals surface area contributed by atoms with Crippen LogP contribution in [0.15, 0.2) is 12.2 Å². The summed E-state index contributed by atoms with van der Waals surface area (Å²) in [5.41, 5.74) is 0. The van der Waals surface area contributed by atoms with Crippen molar-refractivity contribution >= 4 is 29.7 Å². The van der Waals surface area contributed by atoms with Crippen LogP contribution in [0.5, 0.6) is 0 Å². The van der Waals surface area contributed by atoms with E-state index in [4.69, 9.17) is 14.2 Å². The topological polar surface area (TPSA) is 157 Å². The van der Waals surface area contributed by atoms with Crippen LogP contribution in [-0.4, -0.2) is 137 Å². The average molecular weight is 813 g/mol. The first kappa shape index (κ1) is 54.0. The maximum atomic E-state index is 12.7. The third-order valence-electron chi connectivity index (χ3n) is 10.0. The van der Waals surface area contributed by atoms with E-state index in [1.165, 1.54) is 39.5 Å². The van der Waals surface area contributed by atoms with Crippen LogP contribution in [-0.2, 0) is 38.2 Å². The summed E-state index contributed by atoms with van der Waals surface area (Å²) in [6.07, 6.45) is 22.5. The maximum absolute atomic E-state index is 12.7. The van der Waals surface area contributed by atoms with Crippen molar-refractivity contribution in [2.75, 3.05) is 80.7 Å². The summed E-state index contributed by atoms with van der Waals surface area (Å²) in [6.45, 7) is 8.47. The van der Waals surface area contributed by atoms with Crippen molar-refractivity contribution in [2.45, 2.75) is 161 Å². The molecular weight excluding hydrogens is 729 g/mol. The molecule has 0 saturated heterocycles. The number of rotatable bonds is 37. The van der Waals surface area contributed by atoms with Crippen molar-refractivity contribution in [3.8, 4) is 0 Å². The SMILES string of the molecule is CCCCCC(OC(=O)C[N+](C)(C)CCOC(C)=O)C(O)C/C=C\CCCCCCCC(=O)NCCCCCCCCCCNC(=O)C[N+](C)(C)CCOC(C)=O. The summed E-state index contributed by atoms with van der Waals surface area (Å²) in [5.74, 6) is -0.824. The van der Waals surface area contributed by atoms with Gasteiger partial charge >= 0.3 is 17.9 Å². The zero-order chi connectivity index (χ0) is 42.8. The first-order valence-electron chi connectivity index (χ1n) is 22.0. The van der Waals surface area contributed by atoms with E-state index in [1.807, 2.05) is 34.3 Å². The van der Waals surface area contributed by atoms with Crippen LogP contribution < -0.4 is 10.6 Å². The predicted molar refractivity (Wildman–Crippen MR) is 226 cm³/mol. The number of aliphatic hydroxyl groups excluding tert-OH is 1. The number of aliphatic hydroxyl groups is 1. The molecule has 0 aliphatic heterocycles.